The number of hydrogen-bond acceptors (Lipinski definition) is 2. The van der Waals surface area contributed by atoms with Crippen LogP contribution in [-0.4, -0.2) is 17.2 Å². The molecule has 2 aromatic rings. The van der Waals surface area contributed by atoms with Gasteiger partial charge in [0, 0.05) is 5.92 Å². The second-order valence-corrected chi connectivity index (χ2v) is 5.30. The van der Waals surface area contributed by atoms with Crippen molar-refractivity contribution in [2.45, 2.75) is 12.3 Å². The standard InChI is InChI=1S/C18H17BO2/c20-19(21)18-12-16(14-7-3-1-4-8-14)11-17(13-18)15-9-5-2-6-10-15/h1-12,17,20-21H,13H2. The van der Waals surface area contributed by atoms with Gasteiger partial charge in [-0.15, -0.1) is 0 Å². The van der Waals surface area contributed by atoms with Crippen molar-refractivity contribution in [3.05, 3.63) is 89.4 Å². The van der Waals surface area contributed by atoms with Gasteiger partial charge in [0.15, 0.2) is 0 Å². The maximum absolute atomic E-state index is 9.57. The molecule has 1 aliphatic carbocycles. The minimum atomic E-state index is -1.40. The molecule has 0 spiro atoms. The Morgan fingerprint density at radius 1 is 0.857 bits per heavy atom. The molecule has 1 aliphatic rings. The Bertz CT molecular complexity index is 660. The number of hydrogen-bond donors (Lipinski definition) is 2. The second-order valence-electron chi connectivity index (χ2n) is 5.30. The van der Waals surface area contributed by atoms with Gasteiger partial charge in [-0.2, -0.15) is 0 Å². The van der Waals surface area contributed by atoms with Gasteiger partial charge in [-0.05, 0) is 28.6 Å². The molecule has 104 valence electrons. The summed E-state index contributed by atoms with van der Waals surface area (Å²) in [5.41, 5.74) is 3.98. The predicted molar refractivity (Wildman–Crippen MR) is 86.5 cm³/mol. The molecule has 0 aromatic heterocycles. The van der Waals surface area contributed by atoms with Gasteiger partial charge in [0.2, 0.25) is 0 Å². The molecule has 2 nitrogen and oxygen atoms in total. The number of benzene rings is 2. The van der Waals surface area contributed by atoms with Gasteiger partial charge in [0.25, 0.3) is 0 Å². The molecule has 2 N–H and O–H groups in total. The molecule has 0 heterocycles. The third-order valence-corrected chi connectivity index (χ3v) is 3.84. The summed E-state index contributed by atoms with van der Waals surface area (Å²) in [4.78, 5) is 0. The van der Waals surface area contributed by atoms with Gasteiger partial charge in [-0.3, -0.25) is 0 Å². The van der Waals surface area contributed by atoms with Crippen molar-refractivity contribution in [3.63, 3.8) is 0 Å². The molecule has 2 aromatic carbocycles. The summed E-state index contributed by atoms with van der Waals surface area (Å²) >= 11 is 0. The maximum atomic E-state index is 9.57. The van der Waals surface area contributed by atoms with E-state index >= 15 is 0 Å². The van der Waals surface area contributed by atoms with E-state index in [1.165, 1.54) is 5.56 Å². The predicted octanol–water partition coefficient (Wildman–Crippen LogP) is 3.20. The molecule has 0 saturated heterocycles. The van der Waals surface area contributed by atoms with Crippen LogP contribution in [0.3, 0.4) is 0 Å². The first kappa shape index (κ1) is 13.9. The first-order valence-corrected chi connectivity index (χ1v) is 7.13. The van der Waals surface area contributed by atoms with Crippen molar-refractivity contribution in [1.82, 2.24) is 0 Å². The summed E-state index contributed by atoms with van der Waals surface area (Å²) in [6, 6.07) is 20.2. The van der Waals surface area contributed by atoms with Crippen molar-refractivity contribution >= 4 is 12.7 Å². The van der Waals surface area contributed by atoms with E-state index < -0.39 is 7.12 Å². The topological polar surface area (TPSA) is 40.5 Å². The zero-order chi connectivity index (χ0) is 14.7. The van der Waals surface area contributed by atoms with Gasteiger partial charge in [0.1, 0.15) is 0 Å². The Hall–Kier alpha value is -2.10. The Morgan fingerprint density at radius 3 is 2.10 bits per heavy atom. The van der Waals surface area contributed by atoms with E-state index in [4.69, 9.17) is 0 Å². The summed E-state index contributed by atoms with van der Waals surface area (Å²) < 4.78 is 0. The SMILES string of the molecule is OB(O)C1=CC(c2ccccc2)=CC(c2ccccc2)C1. The van der Waals surface area contributed by atoms with Gasteiger partial charge < -0.3 is 10.0 Å². The molecule has 0 radical (unpaired) electrons. The minimum absolute atomic E-state index is 0.170. The summed E-state index contributed by atoms with van der Waals surface area (Å²) in [5.74, 6) is 0.170. The molecular weight excluding hydrogens is 259 g/mol. The Kier molecular flexibility index (Phi) is 4.04. The van der Waals surface area contributed by atoms with Crippen molar-refractivity contribution in [2.75, 3.05) is 0 Å². The highest BCUT2D eigenvalue weighted by atomic mass is 16.4. The van der Waals surface area contributed by atoms with E-state index in [9.17, 15) is 10.0 Å². The zero-order valence-electron chi connectivity index (χ0n) is 11.7. The molecule has 0 saturated carbocycles. The van der Waals surface area contributed by atoms with Crippen LogP contribution in [0.5, 0.6) is 0 Å². The first-order valence-electron chi connectivity index (χ1n) is 7.13. The number of rotatable bonds is 3. The average Bonchev–Trinajstić information content (AvgIpc) is 2.56. The van der Waals surface area contributed by atoms with E-state index in [-0.39, 0.29) is 5.92 Å². The summed E-state index contributed by atoms with van der Waals surface area (Å²) in [7, 11) is -1.40. The molecule has 0 aliphatic heterocycles. The molecule has 3 rings (SSSR count). The Balaban J connectivity index is 2.01. The second kappa shape index (κ2) is 6.12. The van der Waals surface area contributed by atoms with Crippen LogP contribution >= 0.6 is 0 Å². The zero-order valence-corrected chi connectivity index (χ0v) is 11.7. The van der Waals surface area contributed by atoms with Crippen LogP contribution in [0.4, 0.5) is 0 Å². The van der Waals surface area contributed by atoms with Crippen LogP contribution in [0.1, 0.15) is 23.5 Å². The van der Waals surface area contributed by atoms with Crippen LogP contribution in [0, 0.1) is 0 Å². The third kappa shape index (κ3) is 3.15. The molecule has 1 unspecified atom stereocenters. The van der Waals surface area contributed by atoms with Crippen LogP contribution in [0.15, 0.2) is 78.3 Å². The lowest BCUT2D eigenvalue weighted by molar-refractivity contribution is 0.415. The fourth-order valence-corrected chi connectivity index (χ4v) is 2.74. The Morgan fingerprint density at radius 2 is 1.48 bits per heavy atom. The smallest absolute Gasteiger partial charge is 0.423 e. The van der Waals surface area contributed by atoms with Gasteiger partial charge in [0.05, 0.1) is 0 Å². The summed E-state index contributed by atoms with van der Waals surface area (Å²) in [6.45, 7) is 0. The first-order chi connectivity index (χ1) is 10.2. The minimum Gasteiger partial charge on any atom is -0.423 e. The molecule has 1 atom stereocenters. The average molecular weight is 276 g/mol. The quantitative estimate of drug-likeness (QED) is 0.845. The lowest BCUT2D eigenvalue weighted by Crippen LogP contribution is -2.19. The van der Waals surface area contributed by atoms with E-state index in [2.05, 4.69) is 18.2 Å². The maximum Gasteiger partial charge on any atom is 0.484 e. The monoisotopic (exact) mass is 276 g/mol. The van der Waals surface area contributed by atoms with E-state index in [1.54, 1.807) is 0 Å². The van der Waals surface area contributed by atoms with Gasteiger partial charge in [-0.25, -0.2) is 0 Å². The molecule has 21 heavy (non-hydrogen) atoms. The van der Waals surface area contributed by atoms with E-state index in [0.29, 0.717) is 11.9 Å². The highest BCUT2D eigenvalue weighted by Crippen LogP contribution is 2.35. The molecule has 0 amide bonds. The summed E-state index contributed by atoms with van der Waals surface area (Å²) in [6.07, 6.45) is 4.73. The largest absolute Gasteiger partial charge is 0.484 e. The highest BCUT2D eigenvalue weighted by molar-refractivity contribution is 6.51. The van der Waals surface area contributed by atoms with Crippen molar-refractivity contribution < 1.29 is 10.0 Å². The van der Waals surface area contributed by atoms with Crippen LogP contribution in [0.2, 0.25) is 0 Å². The van der Waals surface area contributed by atoms with Crippen molar-refractivity contribution in [2.24, 2.45) is 0 Å². The normalized spacial score (nSPS) is 17.9. The lowest BCUT2D eigenvalue weighted by Gasteiger charge is -2.22. The van der Waals surface area contributed by atoms with E-state index in [0.717, 1.165) is 11.1 Å². The van der Waals surface area contributed by atoms with Gasteiger partial charge in [-0.1, -0.05) is 72.8 Å². The molecule has 0 fully saturated rings. The van der Waals surface area contributed by atoms with Crippen molar-refractivity contribution in [3.8, 4) is 0 Å². The molecule has 3 heteroatoms. The number of allylic oxidation sites excluding steroid dienone is 4. The molecular formula is C18H17BO2. The summed E-state index contributed by atoms with van der Waals surface area (Å²) in [5, 5.41) is 19.1. The highest BCUT2D eigenvalue weighted by Gasteiger charge is 2.24. The van der Waals surface area contributed by atoms with Gasteiger partial charge >= 0.3 is 7.12 Å². The van der Waals surface area contributed by atoms with Crippen LogP contribution in [-0.2, 0) is 0 Å². The lowest BCUT2D eigenvalue weighted by atomic mass is 9.69. The fraction of sp³-hybridized carbons (Fsp3) is 0.111. The van der Waals surface area contributed by atoms with Crippen LogP contribution < -0.4 is 0 Å². The third-order valence-electron chi connectivity index (χ3n) is 3.84. The molecule has 0 bridgehead atoms. The van der Waals surface area contributed by atoms with Crippen LogP contribution in [0.25, 0.3) is 5.57 Å². The van der Waals surface area contributed by atoms with Crippen molar-refractivity contribution in [1.29, 1.82) is 0 Å². The van der Waals surface area contributed by atoms with E-state index in [1.807, 2.05) is 54.6 Å². The fourth-order valence-electron chi connectivity index (χ4n) is 2.74. The Labute approximate surface area is 125 Å².